The fourth-order valence-corrected chi connectivity index (χ4v) is 2.10. The Morgan fingerprint density at radius 1 is 1.09 bits per heavy atom. The molecule has 5 N–H and O–H groups in total. The molecule has 22 heavy (non-hydrogen) atoms. The minimum atomic E-state index is -0.792. The van der Waals surface area contributed by atoms with E-state index in [1.807, 2.05) is 0 Å². The Kier molecular flexibility index (Phi) is 13.2. The van der Waals surface area contributed by atoms with Crippen molar-refractivity contribution in [2.45, 2.75) is 83.9 Å². The van der Waals surface area contributed by atoms with Crippen molar-refractivity contribution in [2.24, 2.45) is 5.73 Å². The molecule has 0 spiro atoms. The lowest BCUT2D eigenvalue weighted by atomic mass is 10.1. The lowest BCUT2D eigenvalue weighted by Gasteiger charge is -2.18. The van der Waals surface area contributed by atoms with Crippen molar-refractivity contribution in [3.63, 3.8) is 0 Å². The number of amides is 1. The zero-order valence-corrected chi connectivity index (χ0v) is 14.0. The Morgan fingerprint density at radius 3 is 2.18 bits per heavy atom. The highest BCUT2D eigenvalue weighted by Crippen LogP contribution is 2.12. The minimum Gasteiger partial charge on any atom is -0.446 e. The zero-order chi connectivity index (χ0) is 16.8. The van der Waals surface area contributed by atoms with Gasteiger partial charge in [0, 0.05) is 6.54 Å². The molecule has 0 fully saturated rings. The Hall–Kier alpha value is -0.890. The molecule has 132 valence electrons. The second-order valence-electron chi connectivity index (χ2n) is 5.62. The van der Waals surface area contributed by atoms with Crippen LogP contribution in [0.25, 0.3) is 0 Å². The third-order valence-corrected chi connectivity index (χ3v) is 3.53. The van der Waals surface area contributed by atoms with Crippen molar-refractivity contribution < 1.29 is 19.9 Å². The number of nitrogens with zero attached hydrogens (tertiary/aromatic N) is 1. The smallest absolute Gasteiger partial charge is 0.407 e. The van der Waals surface area contributed by atoms with Gasteiger partial charge in [-0.1, -0.05) is 44.8 Å². The lowest BCUT2D eigenvalue weighted by Crippen LogP contribution is -2.37. The summed E-state index contributed by atoms with van der Waals surface area (Å²) in [7, 11) is 0. The summed E-state index contributed by atoms with van der Waals surface area (Å²) in [6.45, 7) is 4.75. The molecule has 0 bridgehead atoms. The average molecular weight is 319 g/mol. The first kappa shape index (κ1) is 21.1. The number of ether oxygens (including phenoxy) is 1. The van der Waals surface area contributed by atoms with Gasteiger partial charge in [-0.2, -0.15) is 0 Å². The van der Waals surface area contributed by atoms with E-state index in [1.165, 1.54) is 0 Å². The molecular weight excluding hydrogens is 286 g/mol. The molecule has 0 radical (unpaired) electrons. The largest absolute Gasteiger partial charge is 0.446 e. The normalized spacial score (nSPS) is 12.7. The van der Waals surface area contributed by atoms with Crippen molar-refractivity contribution in [1.29, 1.82) is 0 Å². The molecule has 1 amide bonds. The van der Waals surface area contributed by atoms with Gasteiger partial charge in [-0.25, -0.2) is 4.79 Å². The van der Waals surface area contributed by atoms with E-state index in [4.69, 9.17) is 20.9 Å². The van der Waals surface area contributed by atoms with E-state index in [1.54, 1.807) is 0 Å². The second-order valence-corrected chi connectivity index (χ2v) is 5.62. The Labute approximate surface area is 133 Å². The number of hydrogen-bond donors (Lipinski definition) is 4. The van der Waals surface area contributed by atoms with Crippen LogP contribution in [-0.4, -0.2) is 40.5 Å². The Bertz CT molecular complexity index is 270. The van der Waals surface area contributed by atoms with Gasteiger partial charge in [0.2, 0.25) is 0 Å². The molecule has 1 atom stereocenters. The van der Waals surface area contributed by atoms with Gasteiger partial charge in [0.1, 0.15) is 12.3 Å². The maximum atomic E-state index is 11.7. The highest BCUT2D eigenvalue weighted by Gasteiger charge is 2.13. The standard InChI is InChI=1S/C15H33N3O4/c1-3-5-9-13(10-6-4-2)22-15(19)17-12-8-7-11-14(16)18(20)21/h13-14,20-21H,3-12,16H2,1-2H3,(H,17,19). The summed E-state index contributed by atoms with van der Waals surface area (Å²) < 4.78 is 5.46. The van der Waals surface area contributed by atoms with E-state index in [0.717, 1.165) is 38.5 Å². The van der Waals surface area contributed by atoms with Crippen LogP contribution in [0.15, 0.2) is 0 Å². The van der Waals surface area contributed by atoms with Crippen molar-refractivity contribution in [2.75, 3.05) is 6.54 Å². The number of hydrogen-bond acceptors (Lipinski definition) is 6. The van der Waals surface area contributed by atoms with E-state index in [0.29, 0.717) is 25.8 Å². The molecule has 0 aromatic rings. The summed E-state index contributed by atoms with van der Waals surface area (Å²) in [5, 5.41) is 20.1. The van der Waals surface area contributed by atoms with E-state index in [-0.39, 0.29) is 17.4 Å². The monoisotopic (exact) mass is 319 g/mol. The molecular formula is C15H33N3O4. The Morgan fingerprint density at radius 2 is 1.68 bits per heavy atom. The summed E-state index contributed by atoms with van der Waals surface area (Å²) in [4.78, 5) is 11.7. The van der Waals surface area contributed by atoms with Crippen molar-refractivity contribution in [3.05, 3.63) is 0 Å². The van der Waals surface area contributed by atoms with Crippen LogP contribution in [0.5, 0.6) is 0 Å². The molecule has 0 aliphatic carbocycles. The topological polar surface area (TPSA) is 108 Å². The first-order chi connectivity index (χ1) is 10.5. The molecule has 0 saturated heterocycles. The number of nitrogens with one attached hydrogen (secondary N) is 1. The van der Waals surface area contributed by atoms with Gasteiger partial charge in [0.15, 0.2) is 0 Å². The van der Waals surface area contributed by atoms with Crippen molar-refractivity contribution in [1.82, 2.24) is 10.5 Å². The maximum absolute atomic E-state index is 11.7. The number of unbranched alkanes of at least 4 members (excludes halogenated alkanes) is 3. The number of carbonyl (C=O) groups is 1. The fraction of sp³-hybridized carbons (Fsp3) is 0.933. The first-order valence-corrected chi connectivity index (χ1v) is 8.38. The maximum Gasteiger partial charge on any atom is 0.407 e. The average Bonchev–Trinajstić information content (AvgIpc) is 2.49. The van der Waals surface area contributed by atoms with Crippen LogP contribution in [0.3, 0.4) is 0 Å². The lowest BCUT2D eigenvalue weighted by molar-refractivity contribution is -0.331. The first-order valence-electron chi connectivity index (χ1n) is 8.38. The van der Waals surface area contributed by atoms with Crippen LogP contribution in [0.2, 0.25) is 0 Å². The van der Waals surface area contributed by atoms with Gasteiger partial charge in [-0.15, -0.1) is 0 Å². The highest BCUT2D eigenvalue weighted by atomic mass is 16.8. The van der Waals surface area contributed by atoms with E-state index in [2.05, 4.69) is 19.2 Å². The van der Waals surface area contributed by atoms with Gasteiger partial charge in [0.25, 0.3) is 0 Å². The summed E-state index contributed by atoms with van der Waals surface area (Å²) in [6, 6.07) is 0. The molecule has 0 aliphatic heterocycles. The number of rotatable bonds is 13. The summed E-state index contributed by atoms with van der Waals surface area (Å²) >= 11 is 0. The predicted octanol–water partition coefficient (Wildman–Crippen LogP) is 3.00. The summed E-state index contributed by atoms with van der Waals surface area (Å²) in [6.07, 6.45) is 6.86. The summed E-state index contributed by atoms with van der Waals surface area (Å²) in [5.41, 5.74) is 5.43. The molecule has 0 rings (SSSR count). The number of carbonyl (C=O) groups excluding carboxylic acids is 1. The second kappa shape index (κ2) is 13.8. The number of hydroxylamine groups is 2. The summed E-state index contributed by atoms with van der Waals surface area (Å²) in [5.74, 6) is 0. The van der Waals surface area contributed by atoms with Gasteiger partial charge in [0.05, 0.1) is 0 Å². The SMILES string of the molecule is CCCCC(CCCC)OC(=O)NCCCCC(N)N(O)O. The molecule has 1 unspecified atom stereocenters. The molecule has 0 heterocycles. The minimum absolute atomic E-state index is 0.00524. The van der Waals surface area contributed by atoms with Crippen molar-refractivity contribution in [3.8, 4) is 0 Å². The van der Waals surface area contributed by atoms with Gasteiger partial charge in [-0.3, -0.25) is 10.4 Å². The fourth-order valence-electron chi connectivity index (χ4n) is 2.10. The molecule has 0 aliphatic rings. The highest BCUT2D eigenvalue weighted by molar-refractivity contribution is 5.67. The molecule has 0 aromatic carbocycles. The number of alkyl carbamates (subject to hydrolysis) is 1. The van der Waals surface area contributed by atoms with Crippen LogP contribution < -0.4 is 11.1 Å². The van der Waals surface area contributed by atoms with E-state index >= 15 is 0 Å². The van der Waals surface area contributed by atoms with Gasteiger partial charge < -0.3 is 15.8 Å². The van der Waals surface area contributed by atoms with E-state index in [9.17, 15) is 4.79 Å². The van der Waals surface area contributed by atoms with Gasteiger partial charge in [-0.05, 0) is 32.1 Å². The molecule has 0 saturated carbocycles. The van der Waals surface area contributed by atoms with Crippen LogP contribution in [-0.2, 0) is 4.74 Å². The van der Waals surface area contributed by atoms with Gasteiger partial charge >= 0.3 is 6.09 Å². The quantitative estimate of drug-likeness (QED) is 0.236. The molecule has 0 aromatic heterocycles. The third-order valence-electron chi connectivity index (χ3n) is 3.53. The van der Waals surface area contributed by atoms with E-state index < -0.39 is 6.17 Å². The van der Waals surface area contributed by atoms with Crippen LogP contribution in [0, 0.1) is 0 Å². The predicted molar refractivity (Wildman–Crippen MR) is 84.6 cm³/mol. The molecule has 7 heteroatoms. The Balaban J connectivity index is 3.79. The molecule has 7 nitrogen and oxygen atoms in total. The number of nitrogens with two attached hydrogens (primary N) is 1. The van der Waals surface area contributed by atoms with Crippen molar-refractivity contribution >= 4 is 6.09 Å². The van der Waals surface area contributed by atoms with Crippen LogP contribution >= 0.6 is 0 Å². The van der Waals surface area contributed by atoms with Crippen LogP contribution in [0.4, 0.5) is 4.79 Å². The zero-order valence-electron chi connectivity index (χ0n) is 14.0. The third kappa shape index (κ3) is 11.7. The van der Waals surface area contributed by atoms with Crippen LogP contribution in [0.1, 0.15) is 71.6 Å².